The zero-order valence-electron chi connectivity index (χ0n) is 12.9. The van der Waals surface area contributed by atoms with Gasteiger partial charge in [0.15, 0.2) is 5.75 Å². The number of ether oxygens (including phenoxy) is 1. The van der Waals surface area contributed by atoms with Crippen LogP contribution in [-0.4, -0.2) is 15.5 Å². The Morgan fingerprint density at radius 1 is 0.960 bits per heavy atom. The predicted molar refractivity (Wildman–Crippen MR) is 91.4 cm³/mol. The zero-order valence-corrected chi connectivity index (χ0v) is 12.9. The van der Waals surface area contributed by atoms with Crippen LogP contribution in [0.1, 0.15) is 10.4 Å². The van der Waals surface area contributed by atoms with Crippen molar-refractivity contribution in [1.82, 2.24) is 9.55 Å². The molecule has 4 aromatic rings. The van der Waals surface area contributed by atoms with Gasteiger partial charge in [-0.2, -0.15) is 0 Å². The fraction of sp³-hybridized carbons (Fsp3) is 0. The molecule has 0 aliphatic carbocycles. The summed E-state index contributed by atoms with van der Waals surface area (Å²) < 4.78 is 20.8. The molecule has 4 nitrogen and oxygen atoms in total. The fourth-order valence-electron chi connectivity index (χ4n) is 3.16. The molecule has 0 amide bonds. The zero-order chi connectivity index (χ0) is 17.0. The number of halogens is 1. The molecule has 120 valence electrons. The minimum Gasteiger partial charge on any atom is -0.456 e. The Balaban J connectivity index is 1.79. The van der Waals surface area contributed by atoms with Gasteiger partial charge in [-0.15, -0.1) is 0 Å². The molecule has 25 heavy (non-hydrogen) atoms. The van der Waals surface area contributed by atoms with Gasteiger partial charge in [-0.05, 0) is 48.5 Å². The summed E-state index contributed by atoms with van der Waals surface area (Å²) in [5.41, 5.74) is 2.51. The van der Waals surface area contributed by atoms with Gasteiger partial charge in [0.1, 0.15) is 22.8 Å². The molecule has 0 saturated heterocycles. The first-order valence-corrected chi connectivity index (χ1v) is 7.81. The van der Waals surface area contributed by atoms with Crippen molar-refractivity contribution in [3.8, 4) is 22.9 Å². The Bertz CT molecular complexity index is 1150. The molecule has 1 aliphatic rings. The topological polar surface area (TPSA) is 44.1 Å². The fourth-order valence-corrected chi connectivity index (χ4v) is 3.16. The normalized spacial score (nSPS) is 12.3. The van der Waals surface area contributed by atoms with E-state index in [1.165, 1.54) is 24.3 Å². The Hall–Kier alpha value is -3.47. The lowest BCUT2D eigenvalue weighted by Crippen LogP contribution is -2.06. The monoisotopic (exact) mass is 330 g/mol. The average Bonchev–Trinajstić information content (AvgIpc) is 3.20. The maximum absolute atomic E-state index is 13.2. The average molecular weight is 330 g/mol. The third kappa shape index (κ3) is 1.99. The van der Waals surface area contributed by atoms with Crippen molar-refractivity contribution in [3.05, 3.63) is 78.2 Å². The maximum Gasteiger partial charge on any atom is 0.268 e. The molecule has 0 spiro atoms. The number of aromatic nitrogens is 2. The number of benzene rings is 2. The molecule has 1 aliphatic heterocycles. The van der Waals surface area contributed by atoms with Gasteiger partial charge in [-0.1, -0.05) is 12.1 Å². The second kappa shape index (κ2) is 5.01. The van der Waals surface area contributed by atoms with E-state index in [9.17, 15) is 9.18 Å². The van der Waals surface area contributed by atoms with Crippen LogP contribution in [0.3, 0.4) is 0 Å². The molecule has 0 N–H and O–H groups in total. The molecule has 0 radical (unpaired) electrons. The van der Waals surface area contributed by atoms with E-state index >= 15 is 0 Å². The number of carbonyl (C=O) groups excluding carboxylic acids is 1. The SMILES string of the molecule is O=C1c2c(nc3ccccc3c2Oc2ccc(F)cc2)-c2cccn21. The summed E-state index contributed by atoms with van der Waals surface area (Å²) in [6.07, 6.45) is 1.71. The van der Waals surface area contributed by atoms with E-state index in [4.69, 9.17) is 4.74 Å². The van der Waals surface area contributed by atoms with Crippen LogP contribution in [0.15, 0.2) is 66.9 Å². The number of nitrogens with zero attached hydrogens (tertiary/aromatic N) is 2. The molecular formula is C20H11FN2O2. The molecule has 2 aromatic carbocycles. The lowest BCUT2D eigenvalue weighted by Gasteiger charge is -2.12. The Morgan fingerprint density at radius 2 is 1.76 bits per heavy atom. The first-order valence-electron chi connectivity index (χ1n) is 7.81. The second-order valence-corrected chi connectivity index (χ2v) is 5.81. The van der Waals surface area contributed by atoms with Gasteiger partial charge in [0.25, 0.3) is 5.91 Å². The smallest absolute Gasteiger partial charge is 0.268 e. The van der Waals surface area contributed by atoms with Gasteiger partial charge in [-0.25, -0.2) is 9.37 Å². The summed E-state index contributed by atoms with van der Waals surface area (Å²) in [5, 5.41) is 0.740. The number of rotatable bonds is 2. The molecule has 3 heterocycles. The van der Waals surface area contributed by atoms with Gasteiger partial charge >= 0.3 is 0 Å². The summed E-state index contributed by atoms with van der Waals surface area (Å²) in [4.78, 5) is 17.5. The molecule has 2 aromatic heterocycles. The highest BCUT2D eigenvalue weighted by atomic mass is 19.1. The number of carbonyl (C=O) groups is 1. The molecule has 5 heteroatoms. The highest BCUT2D eigenvalue weighted by molar-refractivity contribution is 6.13. The van der Waals surface area contributed by atoms with E-state index in [0.29, 0.717) is 22.8 Å². The van der Waals surface area contributed by atoms with E-state index in [1.807, 2.05) is 36.4 Å². The maximum atomic E-state index is 13.2. The quantitative estimate of drug-likeness (QED) is 0.474. The van der Waals surface area contributed by atoms with Gasteiger partial charge in [0.05, 0.1) is 11.2 Å². The van der Waals surface area contributed by atoms with Crippen molar-refractivity contribution in [3.63, 3.8) is 0 Å². The minimum atomic E-state index is -0.343. The molecule has 0 unspecified atom stereocenters. The van der Waals surface area contributed by atoms with Crippen LogP contribution in [0, 0.1) is 5.82 Å². The first kappa shape index (κ1) is 13.9. The van der Waals surface area contributed by atoms with Gasteiger partial charge < -0.3 is 4.74 Å². The van der Waals surface area contributed by atoms with Crippen LogP contribution in [0.5, 0.6) is 11.5 Å². The highest BCUT2D eigenvalue weighted by Gasteiger charge is 2.32. The van der Waals surface area contributed by atoms with Crippen LogP contribution in [0.4, 0.5) is 4.39 Å². The van der Waals surface area contributed by atoms with Crippen molar-refractivity contribution in [1.29, 1.82) is 0 Å². The minimum absolute atomic E-state index is 0.176. The molecule has 0 saturated carbocycles. The summed E-state index contributed by atoms with van der Waals surface area (Å²) in [6.45, 7) is 0. The van der Waals surface area contributed by atoms with Crippen LogP contribution in [-0.2, 0) is 0 Å². The van der Waals surface area contributed by atoms with E-state index in [0.717, 1.165) is 16.6 Å². The highest BCUT2D eigenvalue weighted by Crippen LogP contribution is 2.42. The summed E-state index contributed by atoms with van der Waals surface area (Å²) in [5.74, 6) is 0.389. The lowest BCUT2D eigenvalue weighted by atomic mass is 10.1. The van der Waals surface area contributed by atoms with Crippen LogP contribution >= 0.6 is 0 Å². The number of pyridine rings is 1. The van der Waals surface area contributed by atoms with Crippen molar-refractivity contribution in [2.45, 2.75) is 0 Å². The van der Waals surface area contributed by atoms with E-state index in [2.05, 4.69) is 4.98 Å². The van der Waals surface area contributed by atoms with E-state index in [-0.39, 0.29) is 11.7 Å². The molecule has 5 rings (SSSR count). The second-order valence-electron chi connectivity index (χ2n) is 5.81. The van der Waals surface area contributed by atoms with Crippen molar-refractivity contribution in [2.24, 2.45) is 0 Å². The summed E-state index contributed by atoms with van der Waals surface area (Å²) >= 11 is 0. The number of hydrogen-bond acceptors (Lipinski definition) is 3. The summed E-state index contributed by atoms with van der Waals surface area (Å²) in [6, 6.07) is 16.9. The molecular weight excluding hydrogens is 319 g/mol. The summed E-state index contributed by atoms with van der Waals surface area (Å²) in [7, 11) is 0. The van der Waals surface area contributed by atoms with Crippen molar-refractivity contribution < 1.29 is 13.9 Å². The third-order valence-electron chi connectivity index (χ3n) is 4.30. The van der Waals surface area contributed by atoms with Crippen molar-refractivity contribution >= 4 is 16.8 Å². The molecule has 0 fully saturated rings. The predicted octanol–water partition coefficient (Wildman–Crippen LogP) is 4.64. The van der Waals surface area contributed by atoms with Crippen LogP contribution < -0.4 is 4.74 Å². The number of fused-ring (bicyclic) bond motifs is 4. The van der Waals surface area contributed by atoms with Crippen LogP contribution in [0.25, 0.3) is 22.3 Å². The Morgan fingerprint density at radius 3 is 2.60 bits per heavy atom. The number of hydrogen-bond donors (Lipinski definition) is 0. The Kier molecular flexibility index (Phi) is 2.79. The Labute approximate surface area is 142 Å². The van der Waals surface area contributed by atoms with Crippen LogP contribution in [0.2, 0.25) is 0 Å². The lowest BCUT2D eigenvalue weighted by molar-refractivity contribution is 0.0967. The molecule has 0 atom stereocenters. The molecule has 0 bridgehead atoms. The van der Waals surface area contributed by atoms with E-state index in [1.54, 1.807) is 10.8 Å². The third-order valence-corrected chi connectivity index (χ3v) is 4.30. The van der Waals surface area contributed by atoms with Gasteiger partial charge in [0.2, 0.25) is 0 Å². The standard InChI is InChI=1S/C20H11FN2O2/c21-12-7-9-13(10-8-12)25-19-14-4-1-2-5-15(14)22-18-16-6-3-11-23(16)20(24)17(18)19/h1-11H. The van der Waals surface area contributed by atoms with Gasteiger partial charge in [0, 0.05) is 11.6 Å². The first-order chi connectivity index (χ1) is 12.2. The van der Waals surface area contributed by atoms with E-state index < -0.39 is 0 Å². The number of para-hydroxylation sites is 1. The van der Waals surface area contributed by atoms with Crippen molar-refractivity contribution in [2.75, 3.05) is 0 Å². The van der Waals surface area contributed by atoms with Gasteiger partial charge in [-0.3, -0.25) is 9.36 Å². The largest absolute Gasteiger partial charge is 0.456 e.